The number of anilines is 1. The Kier molecular flexibility index (Phi) is 4.63. The molecule has 0 atom stereocenters. The highest BCUT2D eigenvalue weighted by Gasteiger charge is 2.49. The van der Waals surface area contributed by atoms with E-state index in [0.717, 1.165) is 58.2 Å². The minimum absolute atomic E-state index is 0.309. The van der Waals surface area contributed by atoms with Crippen LogP contribution in [0.1, 0.15) is 44.9 Å². The molecule has 0 bridgehead atoms. The average Bonchev–Trinajstić information content (AvgIpc) is 2.66. The molecule has 0 aromatic heterocycles. The molecule has 1 amide bonds. The second kappa shape index (κ2) is 7.12. The van der Waals surface area contributed by atoms with Crippen LogP contribution in [0.15, 0.2) is 30.3 Å². The van der Waals surface area contributed by atoms with Crippen molar-refractivity contribution in [3.05, 3.63) is 30.3 Å². The number of piperazine rings is 1. The summed E-state index contributed by atoms with van der Waals surface area (Å²) >= 11 is 0. The Morgan fingerprint density at radius 1 is 0.889 bits per heavy atom. The molecule has 0 N–H and O–H groups in total. The Hall–Kier alpha value is -1.55. The van der Waals surface area contributed by atoms with Crippen LogP contribution in [-0.2, 0) is 4.79 Å². The zero-order chi connectivity index (χ0) is 18.3. The van der Waals surface area contributed by atoms with E-state index in [1.165, 1.54) is 37.8 Å². The first-order chi connectivity index (χ1) is 13.2. The van der Waals surface area contributed by atoms with Crippen LogP contribution in [-0.4, -0.2) is 61.0 Å². The molecule has 1 aromatic carbocycles. The Bertz CT molecular complexity index is 647. The van der Waals surface area contributed by atoms with Gasteiger partial charge < -0.3 is 9.80 Å². The predicted molar refractivity (Wildman–Crippen MR) is 109 cm³/mol. The number of nitrogens with zero attached hydrogens (tertiary/aromatic N) is 3. The summed E-state index contributed by atoms with van der Waals surface area (Å²) in [4.78, 5) is 20.3. The quantitative estimate of drug-likeness (QED) is 0.819. The Morgan fingerprint density at radius 3 is 2.15 bits per heavy atom. The van der Waals surface area contributed by atoms with Gasteiger partial charge >= 0.3 is 0 Å². The van der Waals surface area contributed by atoms with Crippen LogP contribution in [0, 0.1) is 11.3 Å². The van der Waals surface area contributed by atoms with E-state index in [1.54, 1.807) is 0 Å². The average molecular weight is 368 g/mol. The molecule has 0 radical (unpaired) electrons. The van der Waals surface area contributed by atoms with Crippen molar-refractivity contribution in [3.8, 4) is 0 Å². The van der Waals surface area contributed by atoms with E-state index < -0.39 is 0 Å². The van der Waals surface area contributed by atoms with Gasteiger partial charge in [-0.1, -0.05) is 24.6 Å². The van der Waals surface area contributed by atoms with Crippen molar-refractivity contribution in [1.29, 1.82) is 0 Å². The maximum atomic E-state index is 12.9. The van der Waals surface area contributed by atoms with E-state index in [-0.39, 0.29) is 0 Å². The van der Waals surface area contributed by atoms with Crippen molar-refractivity contribution in [2.75, 3.05) is 44.2 Å². The second-order valence-corrected chi connectivity index (χ2v) is 9.37. The largest absolute Gasteiger partial charge is 0.371 e. The van der Waals surface area contributed by atoms with Gasteiger partial charge in [-0.2, -0.15) is 0 Å². The molecule has 4 heteroatoms. The summed E-state index contributed by atoms with van der Waals surface area (Å²) in [5.41, 5.74) is 1.81. The molecule has 4 aliphatic rings. The molecule has 146 valence electrons. The first kappa shape index (κ1) is 17.5. The van der Waals surface area contributed by atoms with E-state index in [2.05, 4.69) is 45.0 Å². The first-order valence-corrected chi connectivity index (χ1v) is 11.1. The van der Waals surface area contributed by atoms with Gasteiger partial charge in [0.15, 0.2) is 0 Å². The molecular weight excluding hydrogens is 334 g/mol. The van der Waals surface area contributed by atoms with Gasteiger partial charge in [-0.3, -0.25) is 9.69 Å². The monoisotopic (exact) mass is 367 g/mol. The van der Waals surface area contributed by atoms with Gasteiger partial charge in [0.05, 0.1) is 0 Å². The zero-order valence-corrected chi connectivity index (χ0v) is 16.5. The van der Waals surface area contributed by atoms with Crippen LogP contribution in [0.25, 0.3) is 0 Å². The van der Waals surface area contributed by atoms with Crippen molar-refractivity contribution >= 4 is 11.6 Å². The van der Waals surface area contributed by atoms with E-state index in [0.29, 0.717) is 17.2 Å². The van der Waals surface area contributed by atoms with E-state index in [1.807, 2.05) is 0 Å². The molecule has 2 aliphatic carbocycles. The molecule has 2 aliphatic heterocycles. The van der Waals surface area contributed by atoms with Gasteiger partial charge in [-0.15, -0.1) is 0 Å². The Morgan fingerprint density at radius 2 is 1.56 bits per heavy atom. The fraction of sp³-hybridized carbons (Fsp3) is 0.696. The molecule has 5 rings (SSSR count). The van der Waals surface area contributed by atoms with Gasteiger partial charge in [-0.25, -0.2) is 0 Å². The molecule has 0 unspecified atom stereocenters. The smallest absolute Gasteiger partial charge is 0.225 e. The lowest BCUT2D eigenvalue weighted by atomic mass is 9.57. The summed E-state index contributed by atoms with van der Waals surface area (Å²) in [6.07, 6.45) is 8.92. The molecule has 1 aromatic rings. The summed E-state index contributed by atoms with van der Waals surface area (Å²) in [5, 5.41) is 0. The molecule has 2 heterocycles. The number of rotatable bonds is 3. The van der Waals surface area contributed by atoms with Crippen LogP contribution in [0.4, 0.5) is 5.69 Å². The van der Waals surface area contributed by atoms with Crippen LogP contribution in [0.5, 0.6) is 0 Å². The minimum Gasteiger partial charge on any atom is -0.371 e. The normalized spacial score (nSPS) is 26.7. The van der Waals surface area contributed by atoms with Gasteiger partial charge in [0.2, 0.25) is 5.91 Å². The van der Waals surface area contributed by atoms with Crippen molar-refractivity contribution in [3.63, 3.8) is 0 Å². The van der Waals surface area contributed by atoms with Gasteiger partial charge in [0.1, 0.15) is 0 Å². The maximum absolute atomic E-state index is 12.9. The fourth-order valence-corrected chi connectivity index (χ4v) is 5.76. The first-order valence-electron chi connectivity index (χ1n) is 11.1. The van der Waals surface area contributed by atoms with Crippen LogP contribution in [0.2, 0.25) is 0 Å². The third kappa shape index (κ3) is 3.37. The zero-order valence-electron chi connectivity index (χ0n) is 16.5. The third-order valence-electron chi connectivity index (χ3n) is 7.87. The van der Waals surface area contributed by atoms with Crippen LogP contribution in [0.3, 0.4) is 0 Å². The second-order valence-electron chi connectivity index (χ2n) is 9.37. The molecule has 2 saturated heterocycles. The Labute approximate surface area is 163 Å². The predicted octanol–water partition coefficient (Wildman–Crippen LogP) is 3.38. The lowest BCUT2D eigenvalue weighted by Gasteiger charge is -2.53. The number of para-hydroxylation sites is 1. The molecular formula is C23H33N3O. The van der Waals surface area contributed by atoms with Gasteiger partial charge in [0, 0.05) is 56.9 Å². The summed E-state index contributed by atoms with van der Waals surface area (Å²) in [5.74, 6) is 0.767. The number of hydrogen-bond donors (Lipinski definition) is 0. The highest BCUT2D eigenvalue weighted by atomic mass is 16.2. The summed E-state index contributed by atoms with van der Waals surface area (Å²) in [6, 6.07) is 11.6. The molecule has 27 heavy (non-hydrogen) atoms. The molecule has 4 nitrogen and oxygen atoms in total. The van der Waals surface area contributed by atoms with Crippen molar-refractivity contribution < 1.29 is 4.79 Å². The van der Waals surface area contributed by atoms with Crippen molar-refractivity contribution in [2.45, 2.75) is 51.0 Å². The number of hydrogen-bond acceptors (Lipinski definition) is 3. The van der Waals surface area contributed by atoms with Gasteiger partial charge in [-0.05, 0) is 56.1 Å². The van der Waals surface area contributed by atoms with Crippen LogP contribution >= 0.6 is 0 Å². The van der Waals surface area contributed by atoms with Crippen LogP contribution < -0.4 is 4.90 Å². The minimum atomic E-state index is 0.309. The summed E-state index contributed by atoms with van der Waals surface area (Å²) in [6.45, 7) is 6.40. The molecule has 2 saturated carbocycles. The van der Waals surface area contributed by atoms with E-state index in [9.17, 15) is 4.79 Å². The number of carbonyl (C=O) groups excluding carboxylic acids is 1. The van der Waals surface area contributed by atoms with Crippen molar-refractivity contribution in [1.82, 2.24) is 9.80 Å². The number of piperidine rings is 1. The van der Waals surface area contributed by atoms with Gasteiger partial charge in [0.25, 0.3) is 0 Å². The summed E-state index contributed by atoms with van der Waals surface area (Å²) < 4.78 is 0. The third-order valence-corrected chi connectivity index (χ3v) is 7.87. The molecule has 1 spiro atoms. The maximum Gasteiger partial charge on any atom is 0.225 e. The Balaban J connectivity index is 1.09. The number of benzene rings is 1. The number of amides is 1. The molecule has 4 fully saturated rings. The SMILES string of the molecule is O=C(C1CC2(CCN(c3ccccc3)CC2)C1)N1CCN(C2CCC2)CC1. The highest BCUT2D eigenvalue weighted by Crippen LogP contribution is 2.53. The highest BCUT2D eigenvalue weighted by molar-refractivity contribution is 5.80. The lowest BCUT2D eigenvalue weighted by molar-refractivity contribution is -0.147. The lowest BCUT2D eigenvalue weighted by Crippen LogP contribution is -2.57. The fourth-order valence-electron chi connectivity index (χ4n) is 5.76. The summed E-state index contributed by atoms with van der Waals surface area (Å²) in [7, 11) is 0. The van der Waals surface area contributed by atoms with E-state index >= 15 is 0 Å². The number of carbonyl (C=O) groups is 1. The van der Waals surface area contributed by atoms with E-state index in [4.69, 9.17) is 0 Å². The van der Waals surface area contributed by atoms with Crippen molar-refractivity contribution in [2.24, 2.45) is 11.3 Å². The standard InChI is InChI=1S/C23H33N3O/c27-22(26-15-13-25(14-16-26)21-7-4-8-21)19-17-23(18-19)9-11-24(12-10-23)20-5-2-1-3-6-20/h1-3,5-6,19,21H,4,7-18H2. The topological polar surface area (TPSA) is 26.8 Å².